The average Bonchev–Trinajstić information content (AvgIpc) is 3.28. The summed E-state index contributed by atoms with van der Waals surface area (Å²) in [5, 5.41) is 17.1. The summed E-state index contributed by atoms with van der Waals surface area (Å²) in [5.41, 5.74) is 8.76. The number of aromatic amines is 1. The number of nitrogens with two attached hydrogens (primary N) is 1. The Morgan fingerprint density at radius 2 is 2.00 bits per heavy atom. The molecule has 0 spiro atoms. The minimum atomic E-state index is -2.92. The molecule has 0 aliphatic heterocycles. The first kappa shape index (κ1) is 19.0. The van der Waals surface area contributed by atoms with E-state index in [0.717, 1.165) is 23.7 Å². The number of aliphatic hydroxyl groups is 1. The number of hydrogen-bond acceptors (Lipinski definition) is 5. The number of nitrogens with zero attached hydrogens (tertiary/aromatic N) is 4. The van der Waals surface area contributed by atoms with E-state index in [9.17, 15) is 13.9 Å². The molecule has 4 rings (SSSR count). The van der Waals surface area contributed by atoms with Gasteiger partial charge in [0.05, 0.1) is 23.3 Å². The Hall–Kier alpha value is -3.33. The van der Waals surface area contributed by atoms with Gasteiger partial charge in [-0.05, 0) is 38.0 Å². The van der Waals surface area contributed by atoms with Gasteiger partial charge in [0.1, 0.15) is 5.60 Å². The third-order valence-corrected chi connectivity index (χ3v) is 5.15. The molecule has 4 aromatic rings. The van der Waals surface area contributed by atoms with E-state index in [-0.39, 0.29) is 11.4 Å². The molecule has 0 aliphatic carbocycles. The number of hydrogen-bond donors (Lipinski definition) is 3. The van der Waals surface area contributed by atoms with Crippen LogP contribution in [0.25, 0.3) is 28.2 Å². The Bertz CT molecular complexity index is 1210. The fourth-order valence-corrected chi connectivity index (χ4v) is 3.30. The molecule has 4 N–H and O–H groups in total. The summed E-state index contributed by atoms with van der Waals surface area (Å²) < 4.78 is 28.4. The van der Waals surface area contributed by atoms with E-state index < -0.39 is 12.0 Å². The van der Waals surface area contributed by atoms with Crippen LogP contribution in [0.4, 0.5) is 14.6 Å². The number of anilines is 1. The minimum Gasteiger partial charge on any atom is -0.381 e. The zero-order valence-corrected chi connectivity index (χ0v) is 16.1. The smallest absolute Gasteiger partial charge is 0.270 e. The van der Waals surface area contributed by atoms with Crippen molar-refractivity contribution in [2.45, 2.75) is 32.8 Å². The first-order chi connectivity index (χ1) is 13.7. The van der Waals surface area contributed by atoms with Crippen LogP contribution in [0, 0.1) is 13.8 Å². The van der Waals surface area contributed by atoms with Crippen molar-refractivity contribution in [3.63, 3.8) is 0 Å². The maximum atomic E-state index is 13.3. The molecule has 0 saturated heterocycles. The topological polar surface area (TPSA) is 105 Å². The Kier molecular flexibility index (Phi) is 4.34. The first-order valence-electron chi connectivity index (χ1n) is 8.96. The van der Waals surface area contributed by atoms with Gasteiger partial charge in [0, 0.05) is 23.5 Å². The molecule has 0 saturated carbocycles. The van der Waals surface area contributed by atoms with Crippen LogP contribution < -0.4 is 5.73 Å². The Morgan fingerprint density at radius 1 is 1.24 bits per heavy atom. The first-order valence-corrected chi connectivity index (χ1v) is 8.96. The lowest BCUT2D eigenvalue weighted by molar-refractivity contribution is -0.0883. The van der Waals surface area contributed by atoms with Crippen LogP contribution in [0.1, 0.15) is 23.7 Å². The zero-order chi connectivity index (χ0) is 20.9. The van der Waals surface area contributed by atoms with E-state index in [1.165, 1.54) is 6.07 Å². The predicted octanol–water partition coefficient (Wildman–Crippen LogP) is 3.46. The fourth-order valence-electron chi connectivity index (χ4n) is 3.30. The number of halogens is 2. The Labute approximate surface area is 165 Å². The number of aryl methyl sites for hydroxylation is 2. The summed E-state index contributed by atoms with van der Waals surface area (Å²) >= 11 is 0. The third kappa shape index (κ3) is 3.03. The van der Waals surface area contributed by atoms with Gasteiger partial charge in [-0.2, -0.15) is 5.10 Å². The summed E-state index contributed by atoms with van der Waals surface area (Å²) in [5.74, 6) is 0.239. The van der Waals surface area contributed by atoms with Crippen molar-refractivity contribution < 1.29 is 13.9 Å². The second-order valence-corrected chi connectivity index (χ2v) is 7.21. The summed E-state index contributed by atoms with van der Waals surface area (Å²) in [7, 11) is 0. The van der Waals surface area contributed by atoms with Crippen molar-refractivity contribution in [3.8, 4) is 22.5 Å². The van der Waals surface area contributed by atoms with Gasteiger partial charge < -0.3 is 10.8 Å². The monoisotopic (exact) mass is 398 g/mol. The maximum Gasteiger partial charge on any atom is 0.270 e. The lowest BCUT2D eigenvalue weighted by Gasteiger charge is -2.23. The fraction of sp³-hybridized carbons (Fsp3) is 0.250. The average molecular weight is 398 g/mol. The van der Waals surface area contributed by atoms with Crippen molar-refractivity contribution >= 4 is 11.5 Å². The molecular formula is C20H20F2N6O. The van der Waals surface area contributed by atoms with Crippen LogP contribution in [-0.4, -0.2) is 36.1 Å². The van der Waals surface area contributed by atoms with Crippen molar-refractivity contribution in [3.05, 3.63) is 53.6 Å². The summed E-state index contributed by atoms with van der Waals surface area (Å²) in [6.07, 6.45) is 2.20. The van der Waals surface area contributed by atoms with Gasteiger partial charge in [-0.3, -0.25) is 9.50 Å². The van der Waals surface area contributed by atoms with Gasteiger partial charge in [0.15, 0.2) is 11.5 Å². The molecule has 0 fully saturated rings. The van der Waals surface area contributed by atoms with Crippen LogP contribution in [0.15, 0.2) is 36.8 Å². The van der Waals surface area contributed by atoms with Gasteiger partial charge in [0.2, 0.25) is 0 Å². The van der Waals surface area contributed by atoms with Crippen LogP contribution in [0.2, 0.25) is 0 Å². The Balaban J connectivity index is 1.93. The van der Waals surface area contributed by atoms with Crippen LogP contribution >= 0.6 is 0 Å². The molecule has 0 radical (unpaired) electrons. The molecule has 0 amide bonds. The number of alkyl halides is 2. The molecule has 1 atom stereocenters. The third-order valence-electron chi connectivity index (χ3n) is 5.15. The lowest BCUT2D eigenvalue weighted by atomic mass is 9.92. The number of imidazole rings is 1. The molecule has 7 nitrogen and oxygen atoms in total. The van der Waals surface area contributed by atoms with Gasteiger partial charge in [-0.15, -0.1) is 0 Å². The molecule has 3 heterocycles. The number of rotatable bonds is 4. The quantitative estimate of drug-likeness (QED) is 0.488. The van der Waals surface area contributed by atoms with Gasteiger partial charge in [-0.25, -0.2) is 18.7 Å². The molecule has 150 valence electrons. The van der Waals surface area contributed by atoms with E-state index in [2.05, 4.69) is 20.2 Å². The number of nitrogen functional groups attached to an aromatic ring is 1. The standard InChI is InChI=1S/C20H20F2N6O/c1-10-4-5-12(20(3,29)19(21)22)6-13(10)16-8-24-18-17(23)26-15(9-28(16)18)14-7-25-27-11(14)2/h4-9,19,29H,1-3H3,(H2,23,26)(H,25,27). The highest BCUT2D eigenvalue weighted by molar-refractivity contribution is 5.75. The minimum absolute atomic E-state index is 0.121. The SMILES string of the molecule is Cc1ccc(C(C)(O)C(F)F)cc1-c1cnc2c(N)nc(-c3c[nH]nc3C)cn12. The van der Waals surface area contributed by atoms with Gasteiger partial charge >= 0.3 is 0 Å². The number of aromatic nitrogens is 5. The molecule has 29 heavy (non-hydrogen) atoms. The highest BCUT2D eigenvalue weighted by Gasteiger charge is 2.34. The van der Waals surface area contributed by atoms with Crippen molar-refractivity contribution in [1.29, 1.82) is 0 Å². The number of H-pyrrole nitrogens is 1. The largest absolute Gasteiger partial charge is 0.381 e. The van der Waals surface area contributed by atoms with Crippen molar-refractivity contribution in [2.24, 2.45) is 0 Å². The van der Waals surface area contributed by atoms with Crippen LogP contribution in [-0.2, 0) is 5.60 Å². The van der Waals surface area contributed by atoms with Crippen LogP contribution in [0.5, 0.6) is 0 Å². The number of fused-ring (bicyclic) bond motifs is 1. The van der Waals surface area contributed by atoms with Gasteiger partial charge in [0.25, 0.3) is 6.43 Å². The zero-order valence-electron chi connectivity index (χ0n) is 16.1. The number of benzene rings is 1. The summed E-state index contributed by atoms with van der Waals surface area (Å²) in [6.45, 7) is 4.81. The molecule has 3 aromatic heterocycles. The second-order valence-electron chi connectivity index (χ2n) is 7.21. The highest BCUT2D eigenvalue weighted by atomic mass is 19.3. The molecule has 0 bridgehead atoms. The van der Waals surface area contributed by atoms with E-state index in [4.69, 9.17) is 5.73 Å². The van der Waals surface area contributed by atoms with E-state index in [1.54, 1.807) is 35.1 Å². The molecule has 0 aliphatic rings. The predicted molar refractivity (Wildman–Crippen MR) is 105 cm³/mol. The molecular weight excluding hydrogens is 378 g/mol. The molecule has 1 aromatic carbocycles. The van der Waals surface area contributed by atoms with Gasteiger partial charge in [-0.1, -0.05) is 12.1 Å². The number of nitrogens with one attached hydrogen (secondary N) is 1. The van der Waals surface area contributed by atoms with Crippen molar-refractivity contribution in [1.82, 2.24) is 24.6 Å². The Morgan fingerprint density at radius 3 is 2.66 bits per heavy atom. The van der Waals surface area contributed by atoms with E-state index >= 15 is 0 Å². The normalized spacial score (nSPS) is 13.9. The lowest BCUT2D eigenvalue weighted by Crippen LogP contribution is -2.30. The highest BCUT2D eigenvalue weighted by Crippen LogP contribution is 2.34. The van der Waals surface area contributed by atoms with Crippen LogP contribution in [0.3, 0.4) is 0 Å². The molecule has 9 heteroatoms. The van der Waals surface area contributed by atoms with E-state index in [1.807, 2.05) is 13.8 Å². The van der Waals surface area contributed by atoms with Crippen molar-refractivity contribution in [2.75, 3.05) is 5.73 Å². The maximum absolute atomic E-state index is 13.3. The molecule has 1 unspecified atom stereocenters. The summed E-state index contributed by atoms with van der Waals surface area (Å²) in [4.78, 5) is 8.76. The van der Waals surface area contributed by atoms with E-state index in [0.29, 0.717) is 22.6 Å². The second kappa shape index (κ2) is 6.63. The summed E-state index contributed by atoms with van der Waals surface area (Å²) in [6, 6.07) is 4.77.